The van der Waals surface area contributed by atoms with Gasteiger partial charge in [0.15, 0.2) is 0 Å². The first-order valence-electron chi connectivity index (χ1n) is 7.43. The quantitative estimate of drug-likeness (QED) is 0.847. The van der Waals surface area contributed by atoms with Crippen molar-refractivity contribution in [2.24, 2.45) is 0 Å². The predicted molar refractivity (Wildman–Crippen MR) is 73.3 cm³/mol. The fourth-order valence-electron chi connectivity index (χ4n) is 2.66. The summed E-state index contributed by atoms with van der Waals surface area (Å²) < 4.78 is 19.6. The third kappa shape index (κ3) is 3.77. The molecular weight excluding hydrogens is 241 g/mol. The van der Waals surface area contributed by atoms with Crippen LogP contribution in [-0.2, 0) is 17.9 Å². The maximum absolute atomic E-state index is 13.8. The fraction of sp³-hybridized carbons (Fsp3) is 0.625. The van der Waals surface area contributed by atoms with Crippen molar-refractivity contribution in [3.05, 3.63) is 35.1 Å². The molecule has 2 saturated carbocycles. The van der Waals surface area contributed by atoms with Crippen LogP contribution in [0.2, 0.25) is 0 Å². The lowest BCUT2D eigenvalue weighted by atomic mass is 10.1. The van der Waals surface area contributed by atoms with Gasteiger partial charge in [-0.05, 0) is 43.4 Å². The molecule has 2 aliphatic carbocycles. The normalized spacial score (nSPS) is 20.1. The van der Waals surface area contributed by atoms with Gasteiger partial charge in [-0.15, -0.1) is 0 Å². The van der Waals surface area contributed by atoms with Gasteiger partial charge in [0.2, 0.25) is 0 Å². The molecule has 3 heteroatoms. The van der Waals surface area contributed by atoms with Gasteiger partial charge in [0, 0.05) is 18.2 Å². The van der Waals surface area contributed by atoms with Crippen LogP contribution < -0.4 is 5.32 Å². The average Bonchev–Trinajstić information content (AvgIpc) is 3.11. The summed E-state index contributed by atoms with van der Waals surface area (Å²) in [5.41, 5.74) is 1.85. The van der Waals surface area contributed by atoms with E-state index in [9.17, 15) is 4.39 Å². The summed E-state index contributed by atoms with van der Waals surface area (Å²) in [6.07, 6.45) is 7.65. The summed E-state index contributed by atoms with van der Waals surface area (Å²) in [7, 11) is 0. The van der Waals surface area contributed by atoms with Crippen molar-refractivity contribution in [2.45, 2.75) is 63.8 Å². The van der Waals surface area contributed by atoms with E-state index < -0.39 is 0 Å². The van der Waals surface area contributed by atoms with E-state index in [0.717, 1.165) is 24.9 Å². The monoisotopic (exact) mass is 263 g/mol. The Morgan fingerprint density at radius 3 is 2.68 bits per heavy atom. The minimum atomic E-state index is -0.145. The number of ether oxygens (including phenoxy) is 1. The molecule has 0 saturated heterocycles. The van der Waals surface area contributed by atoms with Crippen LogP contribution >= 0.6 is 0 Å². The van der Waals surface area contributed by atoms with Gasteiger partial charge in [-0.2, -0.15) is 0 Å². The Morgan fingerprint density at radius 1 is 1.16 bits per heavy atom. The number of halogens is 1. The highest BCUT2D eigenvalue weighted by molar-refractivity contribution is 5.24. The Balaban J connectivity index is 1.56. The van der Waals surface area contributed by atoms with Gasteiger partial charge in [0.25, 0.3) is 0 Å². The van der Waals surface area contributed by atoms with Crippen molar-refractivity contribution >= 4 is 0 Å². The number of hydrogen-bond acceptors (Lipinski definition) is 2. The zero-order valence-electron chi connectivity index (χ0n) is 11.3. The number of hydrogen-bond donors (Lipinski definition) is 1. The smallest absolute Gasteiger partial charge is 0.128 e. The first-order chi connectivity index (χ1) is 9.31. The van der Waals surface area contributed by atoms with Gasteiger partial charge in [0.05, 0.1) is 12.7 Å². The fourth-order valence-corrected chi connectivity index (χ4v) is 2.66. The Morgan fingerprint density at radius 2 is 1.95 bits per heavy atom. The molecule has 19 heavy (non-hydrogen) atoms. The average molecular weight is 263 g/mol. The number of nitrogens with one attached hydrogen (secondary N) is 1. The molecule has 0 amide bonds. The molecule has 104 valence electrons. The Kier molecular flexibility index (Phi) is 4.14. The van der Waals surface area contributed by atoms with Crippen LogP contribution in [0.15, 0.2) is 18.2 Å². The largest absolute Gasteiger partial charge is 0.373 e. The van der Waals surface area contributed by atoms with Crippen molar-refractivity contribution in [1.29, 1.82) is 0 Å². The van der Waals surface area contributed by atoms with E-state index in [0.29, 0.717) is 24.3 Å². The van der Waals surface area contributed by atoms with E-state index in [1.807, 2.05) is 12.1 Å². The number of benzene rings is 1. The lowest BCUT2D eigenvalue weighted by Crippen LogP contribution is -2.15. The molecule has 0 radical (unpaired) electrons. The van der Waals surface area contributed by atoms with Crippen LogP contribution in [0.4, 0.5) is 4.39 Å². The molecule has 2 nitrogen and oxygen atoms in total. The third-order valence-electron chi connectivity index (χ3n) is 4.06. The summed E-state index contributed by atoms with van der Waals surface area (Å²) in [5.74, 6) is -0.145. The van der Waals surface area contributed by atoms with Crippen LogP contribution in [-0.4, -0.2) is 12.1 Å². The molecule has 2 fully saturated rings. The van der Waals surface area contributed by atoms with Gasteiger partial charge in [-0.25, -0.2) is 4.39 Å². The molecule has 3 rings (SSSR count). The summed E-state index contributed by atoms with van der Waals surface area (Å²) in [5, 5.41) is 3.45. The van der Waals surface area contributed by atoms with E-state index in [1.54, 1.807) is 6.07 Å². The molecule has 0 heterocycles. The second kappa shape index (κ2) is 6.02. The van der Waals surface area contributed by atoms with Gasteiger partial charge in [-0.3, -0.25) is 0 Å². The molecule has 1 N–H and O–H groups in total. The maximum Gasteiger partial charge on any atom is 0.128 e. The minimum Gasteiger partial charge on any atom is -0.373 e. The predicted octanol–water partition coefficient (Wildman–Crippen LogP) is 3.54. The maximum atomic E-state index is 13.8. The van der Waals surface area contributed by atoms with Crippen LogP contribution in [0.5, 0.6) is 0 Å². The molecule has 0 aliphatic heterocycles. The van der Waals surface area contributed by atoms with E-state index in [4.69, 9.17) is 4.74 Å². The topological polar surface area (TPSA) is 21.3 Å². The first-order valence-corrected chi connectivity index (χ1v) is 7.43. The van der Waals surface area contributed by atoms with E-state index in [2.05, 4.69) is 5.32 Å². The van der Waals surface area contributed by atoms with Crippen molar-refractivity contribution in [2.75, 3.05) is 0 Å². The second-order valence-electron chi connectivity index (χ2n) is 5.80. The Bertz CT molecular complexity index is 425. The summed E-state index contributed by atoms with van der Waals surface area (Å²) in [4.78, 5) is 0. The summed E-state index contributed by atoms with van der Waals surface area (Å²) in [6.45, 7) is 1.25. The van der Waals surface area contributed by atoms with Crippen LogP contribution in [0, 0.1) is 5.82 Å². The van der Waals surface area contributed by atoms with Crippen molar-refractivity contribution in [3.8, 4) is 0 Å². The third-order valence-corrected chi connectivity index (χ3v) is 4.06. The zero-order valence-corrected chi connectivity index (χ0v) is 11.3. The standard InChI is InChI=1S/C16H22FNO/c17-16-8-5-12(10-18-14-6-7-14)9-13(16)11-19-15-3-1-2-4-15/h5,8-9,14-15,18H,1-4,6-7,10-11H2. The first kappa shape index (κ1) is 13.1. The van der Waals surface area contributed by atoms with E-state index in [1.165, 1.54) is 25.7 Å². The second-order valence-corrected chi connectivity index (χ2v) is 5.80. The SMILES string of the molecule is Fc1ccc(CNC2CC2)cc1COC1CCCC1. The van der Waals surface area contributed by atoms with Gasteiger partial charge in [0.1, 0.15) is 5.82 Å². The van der Waals surface area contributed by atoms with Crippen LogP contribution in [0.1, 0.15) is 49.7 Å². The molecule has 0 aromatic heterocycles. The molecular formula is C16H22FNO. The molecule has 0 spiro atoms. The number of rotatable bonds is 6. The van der Waals surface area contributed by atoms with E-state index in [-0.39, 0.29) is 5.82 Å². The zero-order chi connectivity index (χ0) is 13.1. The molecule has 2 aliphatic rings. The van der Waals surface area contributed by atoms with Crippen molar-refractivity contribution in [1.82, 2.24) is 5.32 Å². The minimum absolute atomic E-state index is 0.145. The summed E-state index contributed by atoms with van der Waals surface area (Å²) >= 11 is 0. The molecule has 0 unspecified atom stereocenters. The Labute approximate surface area is 114 Å². The highest BCUT2D eigenvalue weighted by Gasteiger charge is 2.20. The highest BCUT2D eigenvalue weighted by Crippen LogP contribution is 2.23. The van der Waals surface area contributed by atoms with Gasteiger partial charge >= 0.3 is 0 Å². The Hall–Kier alpha value is -0.930. The van der Waals surface area contributed by atoms with Crippen molar-refractivity contribution in [3.63, 3.8) is 0 Å². The van der Waals surface area contributed by atoms with Crippen molar-refractivity contribution < 1.29 is 9.13 Å². The molecule has 1 aromatic rings. The lowest BCUT2D eigenvalue weighted by molar-refractivity contribution is 0.0441. The van der Waals surface area contributed by atoms with Crippen LogP contribution in [0.3, 0.4) is 0 Å². The van der Waals surface area contributed by atoms with E-state index >= 15 is 0 Å². The molecule has 1 aromatic carbocycles. The van der Waals surface area contributed by atoms with Crippen LogP contribution in [0.25, 0.3) is 0 Å². The highest BCUT2D eigenvalue weighted by atomic mass is 19.1. The summed E-state index contributed by atoms with van der Waals surface area (Å²) in [6, 6.07) is 6.06. The van der Waals surface area contributed by atoms with Gasteiger partial charge < -0.3 is 10.1 Å². The van der Waals surface area contributed by atoms with Gasteiger partial charge in [-0.1, -0.05) is 18.9 Å². The molecule has 0 atom stereocenters. The molecule has 0 bridgehead atoms. The lowest BCUT2D eigenvalue weighted by Gasteiger charge is -2.12.